The van der Waals surface area contributed by atoms with E-state index in [-0.39, 0.29) is 12.5 Å². The van der Waals surface area contributed by atoms with Gasteiger partial charge in [-0.25, -0.2) is 0 Å². The number of carbonyl (C=O) groups excluding carboxylic acids is 1. The van der Waals surface area contributed by atoms with Crippen molar-refractivity contribution in [3.63, 3.8) is 0 Å². The first kappa shape index (κ1) is 17.9. The largest absolute Gasteiger partial charge is 0.485 e. The second-order valence-corrected chi connectivity index (χ2v) is 6.72. The molecule has 30 heavy (non-hydrogen) atoms. The Morgan fingerprint density at radius 1 is 0.900 bits per heavy atom. The van der Waals surface area contributed by atoms with Gasteiger partial charge in [0.05, 0.1) is 0 Å². The molecule has 2 heterocycles. The Morgan fingerprint density at radius 3 is 2.53 bits per heavy atom. The molecule has 1 atom stereocenters. The Morgan fingerprint density at radius 2 is 1.67 bits per heavy atom. The van der Waals surface area contributed by atoms with E-state index in [1.807, 2.05) is 54.6 Å². The predicted octanol–water partition coefficient (Wildman–Crippen LogP) is 4.18. The van der Waals surface area contributed by atoms with Gasteiger partial charge in [0.15, 0.2) is 11.5 Å². The van der Waals surface area contributed by atoms with E-state index in [0.29, 0.717) is 34.5 Å². The number of carbonyl (C=O) groups is 1. The van der Waals surface area contributed by atoms with Crippen molar-refractivity contribution >= 4 is 11.6 Å². The Labute approximate surface area is 172 Å². The van der Waals surface area contributed by atoms with Crippen molar-refractivity contribution in [3.8, 4) is 34.3 Å². The van der Waals surface area contributed by atoms with Gasteiger partial charge in [0.1, 0.15) is 6.61 Å². The molecule has 0 fully saturated rings. The van der Waals surface area contributed by atoms with Crippen molar-refractivity contribution in [2.75, 3.05) is 11.9 Å². The van der Waals surface area contributed by atoms with Crippen LogP contribution in [-0.2, 0) is 4.79 Å². The van der Waals surface area contributed by atoms with Gasteiger partial charge in [-0.3, -0.25) is 4.79 Å². The van der Waals surface area contributed by atoms with E-state index in [4.69, 9.17) is 14.0 Å². The maximum absolute atomic E-state index is 12.6. The lowest BCUT2D eigenvalue weighted by atomic mass is 10.2. The highest BCUT2D eigenvalue weighted by Crippen LogP contribution is 2.31. The van der Waals surface area contributed by atoms with Crippen molar-refractivity contribution in [2.45, 2.75) is 6.10 Å². The summed E-state index contributed by atoms with van der Waals surface area (Å²) < 4.78 is 16.8. The first-order valence-electron chi connectivity index (χ1n) is 9.45. The minimum atomic E-state index is -0.739. The Hall–Kier alpha value is -4.13. The van der Waals surface area contributed by atoms with Crippen molar-refractivity contribution in [1.82, 2.24) is 10.1 Å². The van der Waals surface area contributed by atoms with E-state index in [2.05, 4.69) is 15.5 Å². The molecule has 1 amide bonds. The fraction of sp³-hybridized carbons (Fsp3) is 0.0870. The SMILES string of the molecule is O=C(Nc1cccc(-c2nc(-c3ccccc3)no2)c1)C1COc2ccccc2O1. The van der Waals surface area contributed by atoms with Crippen LogP contribution >= 0.6 is 0 Å². The average molecular weight is 399 g/mol. The zero-order valence-electron chi connectivity index (χ0n) is 15.8. The number of hydrogen-bond donors (Lipinski definition) is 1. The fourth-order valence-electron chi connectivity index (χ4n) is 3.15. The molecule has 1 aliphatic heterocycles. The highest BCUT2D eigenvalue weighted by Gasteiger charge is 2.27. The molecule has 148 valence electrons. The number of fused-ring (bicyclic) bond motifs is 1. The van der Waals surface area contributed by atoms with Gasteiger partial charge >= 0.3 is 0 Å². The molecule has 1 unspecified atom stereocenters. The molecule has 0 saturated carbocycles. The minimum absolute atomic E-state index is 0.145. The van der Waals surface area contributed by atoms with E-state index in [9.17, 15) is 4.79 Å². The number of nitrogens with one attached hydrogen (secondary N) is 1. The van der Waals surface area contributed by atoms with Crippen LogP contribution < -0.4 is 14.8 Å². The summed E-state index contributed by atoms with van der Waals surface area (Å²) in [5.74, 6) is 1.77. The molecule has 0 saturated heterocycles. The molecule has 7 nitrogen and oxygen atoms in total. The lowest BCUT2D eigenvalue weighted by Gasteiger charge is -2.25. The maximum atomic E-state index is 12.6. The number of nitrogens with zero attached hydrogens (tertiary/aromatic N) is 2. The Bertz CT molecular complexity index is 1190. The van der Waals surface area contributed by atoms with Crippen LogP contribution in [0.15, 0.2) is 83.4 Å². The third-order valence-electron chi connectivity index (χ3n) is 4.64. The zero-order valence-corrected chi connectivity index (χ0v) is 15.8. The van der Waals surface area contributed by atoms with Crippen LogP contribution in [0.3, 0.4) is 0 Å². The summed E-state index contributed by atoms with van der Waals surface area (Å²) in [7, 11) is 0. The molecular formula is C23H17N3O4. The van der Waals surface area contributed by atoms with Crippen LogP contribution in [0, 0.1) is 0 Å². The molecule has 0 spiro atoms. The normalized spacial score (nSPS) is 14.9. The summed E-state index contributed by atoms with van der Waals surface area (Å²) in [5, 5.41) is 6.90. The highest BCUT2D eigenvalue weighted by molar-refractivity contribution is 5.95. The smallest absolute Gasteiger partial charge is 0.269 e. The zero-order chi connectivity index (χ0) is 20.3. The number of rotatable bonds is 4. The molecule has 7 heteroatoms. The summed E-state index contributed by atoms with van der Waals surface area (Å²) in [6.45, 7) is 0.145. The van der Waals surface area contributed by atoms with E-state index in [1.165, 1.54) is 0 Å². The van der Waals surface area contributed by atoms with Crippen LogP contribution in [0.2, 0.25) is 0 Å². The first-order valence-corrected chi connectivity index (χ1v) is 9.45. The van der Waals surface area contributed by atoms with Crippen molar-refractivity contribution in [2.24, 2.45) is 0 Å². The van der Waals surface area contributed by atoms with Gasteiger partial charge in [0.25, 0.3) is 11.8 Å². The van der Waals surface area contributed by atoms with E-state index >= 15 is 0 Å². The average Bonchev–Trinajstić information content (AvgIpc) is 3.30. The standard InChI is InChI=1S/C23H17N3O4/c27-22(20-14-28-18-11-4-5-12-19(18)29-20)24-17-10-6-9-16(13-17)23-25-21(26-30-23)15-7-2-1-3-8-15/h1-13,20H,14H2,(H,24,27). The predicted molar refractivity (Wildman–Crippen MR) is 110 cm³/mol. The maximum Gasteiger partial charge on any atom is 0.269 e. The van der Waals surface area contributed by atoms with Gasteiger partial charge in [-0.05, 0) is 30.3 Å². The fourth-order valence-corrected chi connectivity index (χ4v) is 3.15. The van der Waals surface area contributed by atoms with Gasteiger partial charge in [0.2, 0.25) is 11.9 Å². The summed E-state index contributed by atoms with van der Waals surface area (Å²) in [4.78, 5) is 17.1. The molecule has 0 bridgehead atoms. The Kier molecular flexibility index (Phi) is 4.61. The van der Waals surface area contributed by atoms with Crippen LogP contribution in [0.25, 0.3) is 22.8 Å². The van der Waals surface area contributed by atoms with Crippen molar-refractivity contribution in [3.05, 3.63) is 78.9 Å². The van der Waals surface area contributed by atoms with Crippen LogP contribution in [-0.4, -0.2) is 28.8 Å². The third-order valence-corrected chi connectivity index (χ3v) is 4.64. The van der Waals surface area contributed by atoms with Gasteiger partial charge < -0.3 is 19.3 Å². The van der Waals surface area contributed by atoms with E-state index in [1.54, 1.807) is 24.3 Å². The number of hydrogen-bond acceptors (Lipinski definition) is 6. The lowest BCUT2D eigenvalue weighted by Crippen LogP contribution is -2.40. The highest BCUT2D eigenvalue weighted by atomic mass is 16.6. The second-order valence-electron chi connectivity index (χ2n) is 6.72. The minimum Gasteiger partial charge on any atom is -0.485 e. The van der Waals surface area contributed by atoms with Crippen LogP contribution in [0.1, 0.15) is 0 Å². The van der Waals surface area contributed by atoms with Crippen LogP contribution in [0.4, 0.5) is 5.69 Å². The molecular weight excluding hydrogens is 382 g/mol. The van der Waals surface area contributed by atoms with Gasteiger partial charge in [-0.15, -0.1) is 0 Å². The summed E-state index contributed by atoms with van der Waals surface area (Å²) in [6, 6.07) is 24.1. The third kappa shape index (κ3) is 3.60. The number of anilines is 1. The Balaban J connectivity index is 1.31. The number of para-hydroxylation sites is 2. The molecule has 1 N–H and O–H groups in total. The number of amides is 1. The van der Waals surface area contributed by atoms with Gasteiger partial charge in [0, 0.05) is 16.8 Å². The summed E-state index contributed by atoms with van der Waals surface area (Å²) >= 11 is 0. The lowest BCUT2D eigenvalue weighted by molar-refractivity contribution is -0.125. The number of benzene rings is 3. The molecule has 1 aliphatic rings. The van der Waals surface area contributed by atoms with Crippen molar-refractivity contribution < 1.29 is 18.8 Å². The number of ether oxygens (including phenoxy) is 2. The molecule has 3 aromatic carbocycles. The quantitative estimate of drug-likeness (QED) is 0.554. The molecule has 4 aromatic rings. The monoisotopic (exact) mass is 399 g/mol. The van der Waals surface area contributed by atoms with Gasteiger partial charge in [-0.2, -0.15) is 4.98 Å². The molecule has 1 aromatic heterocycles. The van der Waals surface area contributed by atoms with E-state index in [0.717, 1.165) is 5.56 Å². The molecule has 0 aliphatic carbocycles. The summed E-state index contributed by atoms with van der Waals surface area (Å²) in [5.41, 5.74) is 2.17. The summed E-state index contributed by atoms with van der Waals surface area (Å²) in [6.07, 6.45) is -0.739. The van der Waals surface area contributed by atoms with E-state index < -0.39 is 6.10 Å². The number of aromatic nitrogens is 2. The topological polar surface area (TPSA) is 86.5 Å². The van der Waals surface area contributed by atoms with Crippen LogP contribution in [0.5, 0.6) is 11.5 Å². The van der Waals surface area contributed by atoms with Crippen molar-refractivity contribution in [1.29, 1.82) is 0 Å². The molecule has 0 radical (unpaired) electrons. The first-order chi connectivity index (χ1) is 14.8. The molecule has 5 rings (SSSR count). The van der Waals surface area contributed by atoms with Gasteiger partial charge in [-0.1, -0.05) is 53.7 Å². The second kappa shape index (κ2) is 7.71.